The summed E-state index contributed by atoms with van der Waals surface area (Å²) < 4.78 is 6.08. The SMILES string of the molecule is CCCCCCCCCCCCOc1ccc2c(ccc3c4ccc(C)cc4ccc23)c1. The van der Waals surface area contributed by atoms with Crippen LogP contribution in [0.1, 0.15) is 76.7 Å². The van der Waals surface area contributed by atoms with E-state index >= 15 is 0 Å². The summed E-state index contributed by atoms with van der Waals surface area (Å²) in [5.41, 5.74) is 1.31. The molecule has 1 nitrogen and oxygen atoms in total. The minimum atomic E-state index is 0.819. The Hall–Kier alpha value is -2.54. The van der Waals surface area contributed by atoms with E-state index in [-0.39, 0.29) is 0 Å². The van der Waals surface area contributed by atoms with E-state index < -0.39 is 0 Å². The van der Waals surface area contributed by atoms with Gasteiger partial charge in [-0.3, -0.25) is 0 Å². The predicted octanol–water partition coefficient (Wildman–Crippen LogP) is 9.75. The lowest BCUT2D eigenvalue weighted by atomic mass is 9.96. The number of hydrogen-bond acceptors (Lipinski definition) is 1. The molecule has 0 N–H and O–H groups in total. The van der Waals surface area contributed by atoms with E-state index in [4.69, 9.17) is 4.74 Å². The average Bonchev–Trinajstić information content (AvgIpc) is 2.81. The molecule has 0 amide bonds. The van der Waals surface area contributed by atoms with Gasteiger partial charge in [0.05, 0.1) is 6.61 Å². The van der Waals surface area contributed by atoms with Gasteiger partial charge in [0, 0.05) is 0 Å². The van der Waals surface area contributed by atoms with Crippen LogP contribution in [0.2, 0.25) is 0 Å². The molecule has 0 bridgehead atoms. The number of fused-ring (bicyclic) bond motifs is 5. The third-order valence-corrected chi connectivity index (χ3v) is 6.73. The first-order valence-electron chi connectivity index (χ1n) is 12.7. The molecule has 0 heterocycles. The van der Waals surface area contributed by atoms with Crippen LogP contribution in [0.4, 0.5) is 0 Å². The first-order chi connectivity index (χ1) is 15.8. The molecule has 4 aromatic rings. The van der Waals surface area contributed by atoms with E-state index in [1.807, 2.05) is 0 Å². The number of rotatable bonds is 12. The van der Waals surface area contributed by atoms with Crippen molar-refractivity contribution in [3.8, 4) is 5.75 Å². The van der Waals surface area contributed by atoms with Crippen LogP contribution >= 0.6 is 0 Å². The molecule has 0 aliphatic heterocycles. The summed E-state index contributed by atoms with van der Waals surface area (Å²) >= 11 is 0. The van der Waals surface area contributed by atoms with Crippen LogP contribution in [-0.4, -0.2) is 6.61 Å². The van der Waals surface area contributed by atoms with E-state index in [0.717, 1.165) is 18.8 Å². The fourth-order valence-corrected chi connectivity index (χ4v) is 4.85. The van der Waals surface area contributed by atoms with Crippen molar-refractivity contribution < 1.29 is 4.74 Å². The maximum Gasteiger partial charge on any atom is 0.119 e. The largest absolute Gasteiger partial charge is 0.494 e. The van der Waals surface area contributed by atoms with Gasteiger partial charge in [-0.25, -0.2) is 0 Å². The quantitative estimate of drug-likeness (QED) is 0.162. The van der Waals surface area contributed by atoms with Gasteiger partial charge in [0.15, 0.2) is 0 Å². The van der Waals surface area contributed by atoms with Gasteiger partial charge in [-0.2, -0.15) is 0 Å². The van der Waals surface area contributed by atoms with Crippen LogP contribution in [0.3, 0.4) is 0 Å². The summed E-state index contributed by atoms with van der Waals surface area (Å²) in [4.78, 5) is 0. The average molecular weight is 427 g/mol. The van der Waals surface area contributed by atoms with E-state index in [2.05, 4.69) is 74.5 Å². The Morgan fingerprint density at radius 3 is 1.72 bits per heavy atom. The highest BCUT2D eigenvalue weighted by Gasteiger charge is 2.06. The van der Waals surface area contributed by atoms with Crippen LogP contribution in [0, 0.1) is 6.92 Å². The summed E-state index contributed by atoms with van der Waals surface area (Å²) in [6.45, 7) is 5.25. The summed E-state index contributed by atoms with van der Waals surface area (Å²) in [5.74, 6) is 0.990. The minimum Gasteiger partial charge on any atom is -0.494 e. The van der Waals surface area contributed by atoms with Crippen molar-refractivity contribution in [1.82, 2.24) is 0 Å². The van der Waals surface area contributed by atoms with Gasteiger partial charge in [0.1, 0.15) is 5.75 Å². The highest BCUT2D eigenvalue weighted by atomic mass is 16.5. The zero-order valence-corrected chi connectivity index (χ0v) is 20.0. The lowest BCUT2D eigenvalue weighted by molar-refractivity contribution is 0.304. The van der Waals surface area contributed by atoms with Gasteiger partial charge in [0.2, 0.25) is 0 Å². The number of benzene rings is 4. The second kappa shape index (κ2) is 11.4. The molecule has 0 radical (unpaired) electrons. The van der Waals surface area contributed by atoms with Crippen LogP contribution in [0.15, 0.2) is 60.7 Å². The highest BCUT2D eigenvalue weighted by molar-refractivity contribution is 6.17. The molecule has 0 saturated carbocycles. The topological polar surface area (TPSA) is 9.23 Å². The van der Waals surface area contributed by atoms with Crippen molar-refractivity contribution >= 4 is 32.3 Å². The highest BCUT2D eigenvalue weighted by Crippen LogP contribution is 2.33. The Bertz CT molecular complexity index is 1160. The minimum absolute atomic E-state index is 0.819. The van der Waals surface area contributed by atoms with Crippen LogP contribution in [0.5, 0.6) is 5.75 Å². The second-order valence-electron chi connectivity index (χ2n) is 9.36. The summed E-state index contributed by atoms with van der Waals surface area (Å²) in [6, 6.07) is 22.3. The molecule has 4 rings (SSSR count). The van der Waals surface area contributed by atoms with E-state index in [9.17, 15) is 0 Å². The van der Waals surface area contributed by atoms with E-state index in [0.29, 0.717) is 0 Å². The molecular weight excluding hydrogens is 388 g/mol. The molecule has 0 aliphatic rings. The summed E-state index contributed by atoms with van der Waals surface area (Å²) in [6.07, 6.45) is 13.5. The third-order valence-electron chi connectivity index (χ3n) is 6.73. The Labute approximate surface area is 193 Å². The van der Waals surface area contributed by atoms with E-state index in [1.165, 1.54) is 95.7 Å². The normalized spacial score (nSPS) is 11.6. The van der Waals surface area contributed by atoms with E-state index in [1.54, 1.807) is 0 Å². The maximum atomic E-state index is 6.08. The second-order valence-corrected chi connectivity index (χ2v) is 9.36. The first kappa shape index (κ1) is 22.6. The lowest BCUT2D eigenvalue weighted by Gasteiger charge is -2.11. The van der Waals surface area contributed by atoms with Crippen molar-refractivity contribution in [2.45, 2.75) is 78.1 Å². The zero-order valence-electron chi connectivity index (χ0n) is 20.0. The molecule has 0 aliphatic carbocycles. The number of unbranched alkanes of at least 4 members (excludes halogenated alkanes) is 9. The third kappa shape index (κ3) is 5.63. The molecule has 0 fully saturated rings. The van der Waals surface area contributed by atoms with Gasteiger partial charge in [0.25, 0.3) is 0 Å². The lowest BCUT2D eigenvalue weighted by Crippen LogP contribution is -1.97. The molecule has 0 atom stereocenters. The monoisotopic (exact) mass is 426 g/mol. The molecule has 4 aromatic carbocycles. The molecule has 0 unspecified atom stereocenters. The number of aryl methyl sites for hydroxylation is 1. The van der Waals surface area contributed by atoms with Crippen LogP contribution < -0.4 is 4.74 Å². The first-order valence-corrected chi connectivity index (χ1v) is 12.7. The van der Waals surface area contributed by atoms with Crippen molar-refractivity contribution in [3.63, 3.8) is 0 Å². The maximum absolute atomic E-state index is 6.08. The smallest absolute Gasteiger partial charge is 0.119 e. The Balaban J connectivity index is 1.30. The fourth-order valence-electron chi connectivity index (χ4n) is 4.85. The molecule has 0 saturated heterocycles. The van der Waals surface area contributed by atoms with Crippen LogP contribution in [-0.2, 0) is 0 Å². The standard InChI is InChI=1S/C31H38O/c1-3-4-5-6-7-8-9-10-11-12-21-32-27-16-20-29-26(23-27)15-19-30-28-17-13-24(2)22-25(28)14-18-31(29)30/h13-20,22-23H,3-12,21H2,1-2H3. The summed E-state index contributed by atoms with van der Waals surface area (Å²) in [7, 11) is 0. The molecule has 0 aromatic heterocycles. The Morgan fingerprint density at radius 2 is 1.06 bits per heavy atom. The van der Waals surface area contributed by atoms with Crippen LogP contribution in [0.25, 0.3) is 32.3 Å². The molecule has 0 spiro atoms. The van der Waals surface area contributed by atoms with Gasteiger partial charge < -0.3 is 4.74 Å². The molecular formula is C31H38O. The number of hydrogen-bond donors (Lipinski definition) is 0. The molecule has 168 valence electrons. The fraction of sp³-hybridized carbons (Fsp3) is 0.419. The zero-order chi connectivity index (χ0) is 22.2. The van der Waals surface area contributed by atoms with Crippen molar-refractivity contribution in [2.24, 2.45) is 0 Å². The molecule has 1 heteroatoms. The van der Waals surface area contributed by atoms with Gasteiger partial charge in [-0.15, -0.1) is 0 Å². The van der Waals surface area contributed by atoms with Gasteiger partial charge >= 0.3 is 0 Å². The Kier molecular flexibility index (Phi) is 8.04. The Morgan fingerprint density at radius 1 is 0.531 bits per heavy atom. The predicted molar refractivity (Wildman–Crippen MR) is 141 cm³/mol. The van der Waals surface area contributed by atoms with Crippen molar-refractivity contribution in [2.75, 3.05) is 6.61 Å². The van der Waals surface area contributed by atoms with Gasteiger partial charge in [-0.1, -0.05) is 119 Å². The van der Waals surface area contributed by atoms with Crippen molar-refractivity contribution in [1.29, 1.82) is 0 Å². The van der Waals surface area contributed by atoms with Crippen molar-refractivity contribution in [3.05, 3.63) is 66.2 Å². The van der Waals surface area contributed by atoms with Gasteiger partial charge in [-0.05, 0) is 57.8 Å². The molecule has 32 heavy (non-hydrogen) atoms. The number of ether oxygens (including phenoxy) is 1. The summed E-state index contributed by atoms with van der Waals surface area (Å²) in [5, 5.41) is 7.85.